The molecule has 4 fully saturated rings. The molecule has 0 bridgehead atoms. The molecule has 4 aliphatic rings. The van der Waals surface area contributed by atoms with E-state index in [4.69, 9.17) is 0 Å². The largest absolute Gasteiger partial charge is 0.342 e. The number of nitrogens with zero attached hydrogens (tertiary/aromatic N) is 4. The van der Waals surface area contributed by atoms with Crippen molar-refractivity contribution < 1.29 is 19.2 Å². The Labute approximate surface area is 184 Å². The Bertz CT molecular complexity index is 740. The highest BCUT2D eigenvalue weighted by atomic mass is 16.2. The van der Waals surface area contributed by atoms with Gasteiger partial charge < -0.3 is 14.7 Å². The molecule has 0 aromatic heterocycles. The van der Waals surface area contributed by atoms with Crippen LogP contribution in [0.1, 0.15) is 64.7 Å². The maximum atomic E-state index is 13.1. The maximum absolute atomic E-state index is 13.1. The summed E-state index contributed by atoms with van der Waals surface area (Å²) in [6.07, 6.45) is 7.87. The van der Waals surface area contributed by atoms with Crippen LogP contribution in [0.4, 0.5) is 4.79 Å². The molecule has 172 valence electrons. The molecule has 1 unspecified atom stereocenters. The lowest BCUT2D eigenvalue weighted by molar-refractivity contribution is -0.143. The van der Waals surface area contributed by atoms with E-state index in [1.54, 1.807) is 16.8 Å². The van der Waals surface area contributed by atoms with Crippen molar-refractivity contribution in [3.8, 4) is 0 Å². The Morgan fingerprint density at radius 2 is 1.61 bits per heavy atom. The molecule has 3 saturated heterocycles. The number of piperidine rings is 2. The van der Waals surface area contributed by atoms with Crippen LogP contribution in [0, 0.1) is 11.8 Å². The van der Waals surface area contributed by atoms with E-state index in [9.17, 15) is 19.2 Å². The standard InChI is InChI=1S/C23H36N4O4/c1-17-7-6-12-26(15-17)20(29)18-8-13-25(14-9-18)19(28)16-27-21(30)23(24(2)22(27)31)10-4-3-5-11-23/h17-18H,3-16H2,1-2H3. The number of amides is 5. The van der Waals surface area contributed by atoms with Crippen LogP contribution in [-0.4, -0.2) is 88.7 Å². The van der Waals surface area contributed by atoms with Gasteiger partial charge in [-0.05, 0) is 44.4 Å². The molecule has 0 aromatic rings. The Balaban J connectivity index is 1.31. The fraction of sp³-hybridized carbons (Fsp3) is 0.826. The van der Waals surface area contributed by atoms with Crippen LogP contribution in [0.5, 0.6) is 0 Å². The van der Waals surface area contributed by atoms with Crippen molar-refractivity contribution in [2.45, 2.75) is 70.3 Å². The monoisotopic (exact) mass is 432 g/mol. The molecule has 31 heavy (non-hydrogen) atoms. The van der Waals surface area contributed by atoms with Crippen LogP contribution in [0.15, 0.2) is 0 Å². The summed E-state index contributed by atoms with van der Waals surface area (Å²) in [5.41, 5.74) is -0.749. The number of imide groups is 1. The SMILES string of the molecule is CC1CCCN(C(=O)C2CCN(C(=O)CN3C(=O)N(C)C4(CCCCC4)C3=O)CC2)C1. The van der Waals surface area contributed by atoms with Gasteiger partial charge in [0.15, 0.2) is 0 Å². The molecule has 0 N–H and O–H groups in total. The van der Waals surface area contributed by atoms with Crippen molar-refractivity contribution in [2.24, 2.45) is 11.8 Å². The van der Waals surface area contributed by atoms with E-state index in [-0.39, 0.29) is 36.2 Å². The molecule has 3 heterocycles. The highest BCUT2D eigenvalue weighted by Crippen LogP contribution is 2.39. The van der Waals surface area contributed by atoms with Crippen molar-refractivity contribution in [2.75, 3.05) is 39.8 Å². The van der Waals surface area contributed by atoms with Crippen molar-refractivity contribution >= 4 is 23.8 Å². The normalized spacial score (nSPS) is 27.4. The molecular weight excluding hydrogens is 396 g/mol. The number of hydrogen-bond acceptors (Lipinski definition) is 4. The van der Waals surface area contributed by atoms with Gasteiger partial charge in [0, 0.05) is 39.1 Å². The van der Waals surface area contributed by atoms with E-state index in [1.165, 1.54) is 6.42 Å². The third kappa shape index (κ3) is 4.05. The minimum Gasteiger partial charge on any atom is -0.342 e. The van der Waals surface area contributed by atoms with Gasteiger partial charge in [0.25, 0.3) is 5.91 Å². The first-order chi connectivity index (χ1) is 14.8. The van der Waals surface area contributed by atoms with Gasteiger partial charge in [-0.3, -0.25) is 19.3 Å². The number of carbonyl (C=O) groups is 4. The molecule has 8 heteroatoms. The molecule has 4 rings (SSSR count). The third-order valence-corrected chi connectivity index (χ3v) is 7.94. The summed E-state index contributed by atoms with van der Waals surface area (Å²) in [5.74, 6) is 0.351. The molecule has 1 saturated carbocycles. The number of hydrogen-bond donors (Lipinski definition) is 0. The van der Waals surface area contributed by atoms with Gasteiger partial charge >= 0.3 is 6.03 Å². The van der Waals surface area contributed by atoms with Crippen LogP contribution in [0.2, 0.25) is 0 Å². The zero-order valence-corrected chi connectivity index (χ0v) is 19.0. The van der Waals surface area contributed by atoms with Gasteiger partial charge in [-0.2, -0.15) is 0 Å². The fourth-order valence-electron chi connectivity index (χ4n) is 5.93. The Morgan fingerprint density at radius 1 is 0.935 bits per heavy atom. The topological polar surface area (TPSA) is 81.2 Å². The molecule has 1 aliphatic carbocycles. The number of likely N-dealkylation sites (tertiary alicyclic amines) is 2. The van der Waals surface area contributed by atoms with Gasteiger partial charge in [0.1, 0.15) is 12.1 Å². The van der Waals surface area contributed by atoms with Crippen molar-refractivity contribution in [3.05, 3.63) is 0 Å². The Hall–Kier alpha value is -2.12. The van der Waals surface area contributed by atoms with Crippen LogP contribution < -0.4 is 0 Å². The van der Waals surface area contributed by atoms with Crippen molar-refractivity contribution in [1.82, 2.24) is 19.6 Å². The zero-order chi connectivity index (χ0) is 22.2. The average molecular weight is 433 g/mol. The second-order valence-electron chi connectivity index (χ2n) is 10.0. The van der Waals surface area contributed by atoms with Gasteiger partial charge in [-0.1, -0.05) is 26.2 Å². The van der Waals surface area contributed by atoms with Gasteiger partial charge in [-0.15, -0.1) is 0 Å². The minimum absolute atomic E-state index is 0.0268. The molecule has 0 aromatic carbocycles. The quantitative estimate of drug-likeness (QED) is 0.640. The van der Waals surface area contributed by atoms with Crippen LogP contribution >= 0.6 is 0 Å². The highest BCUT2D eigenvalue weighted by Gasteiger charge is 2.56. The Morgan fingerprint density at radius 3 is 2.26 bits per heavy atom. The van der Waals surface area contributed by atoms with E-state index in [1.807, 2.05) is 4.90 Å². The lowest BCUT2D eigenvalue weighted by atomic mass is 9.81. The van der Waals surface area contributed by atoms with Crippen molar-refractivity contribution in [1.29, 1.82) is 0 Å². The predicted octanol–water partition coefficient (Wildman–Crippen LogP) is 2.08. The lowest BCUT2D eigenvalue weighted by Gasteiger charge is -2.37. The maximum Gasteiger partial charge on any atom is 0.327 e. The summed E-state index contributed by atoms with van der Waals surface area (Å²) >= 11 is 0. The van der Waals surface area contributed by atoms with Crippen LogP contribution in [0.25, 0.3) is 0 Å². The van der Waals surface area contributed by atoms with Gasteiger partial charge in [0.2, 0.25) is 11.8 Å². The van der Waals surface area contributed by atoms with Crippen molar-refractivity contribution in [3.63, 3.8) is 0 Å². The molecular formula is C23H36N4O4. The Kier molecular flexibility index (Phi) is 6.26. The number of carbonyl (C=O) groups excluding carboxylic acids is 4. The number of rotatable bonds is 3. The first-order valence-electron chi connectivity index (χ1n) is 12.0. The van der Waals surface area contributed by atoms with Gasteiger partial charge in [0.05, 0.1) is 0 Å². The van der Waals surface area contributed by atoms with E-state index in [0.29, 0.717) is 44.7 Å². The molecule has 0 radical (unpaired) electrons. The molecule has 8 nitrogen and oxygen atoms in total. The molecule has 5 amide bonds. The second-order valence-corrected chi connectivity index (χ2v) is 10.0. The predicted molar refractivity (Wildman–Crippen MR) is 115 cm³/mol. The first kappa shape index (κ1) is 22.1. The lowest BCUT2D eigenvalue weighted by Crippen LogP contribution is -2.50. The average Bonchev–Trinajstić information content (AvgIpc) is 2.95. The molecule has 1 atom stereocenters. The van der Waals surface area contributed by atoms with Gasteiger partial charge in [-0.25, -0.2) is 4.79 Å². The number of urea groups is 1. The van der Waals surface area contributed by atoms with Crippen LogP contribution in [-0.2, 0) is 14.4 Å². The highest BCUT2D eigenvalue weighted by molar-refractivity contribution is 6.09. The summed E-state index contributed by atoms with van der Waals surface area (Å²) in [7, 11) is 1.69. The number of likely N-dealkylation sites (N-methyl/N-ethyl adjacent to an activating group) is 1. The smallest absolute Gasteiger partial charge is 0.327 e. The third-order valence-electron chi connectivity index (χ3n) is 7.94. The first-order valence-corrected chi connectivity index (χ1v) is 12.0. The minimum atomic E-state index is -0.749. The van der Waals surface area contributed by atoms with E-state index >= 15 is 0 Å². The van der Waals surface area contributed by atoms with E-state index in [0.717, 1.165) is 43.7 Å². The zero-order valence-electron chi connectivity index (χ0n) is 19.0. The summed E-state index contributed by atoms with van der Waals surface area (Å²) in [6, 6.07) is -0.357. The fourth-order valence-corrected chi connectivity index (χ4v) is 5.93. The summed E-state index contributed by atoms with van der Waals surface area (Å²) in [4.78, 5) is 58.1. The van der Waals surface area contributed by atoms with E-state index < -0.39 is 5.54 Å². The van der Waals surface area contributed by atoms with E-state index in [2.05, 4.69) is 6.92 Å². The second kappa shape index (κ2) is 8.79. The summed E-state index contributed by atoms with van der Waals surface area (Å²) in [5, 5.41) is 0. The summed E-state index contributed by atoms with van der Waals surface area (Å²) < 4.78 is 0. The molecule has 1 spiro atoms. The van der Waals surface area contributed by atoms with Crippen LogP contribution in [0.3, 0.4) is 0 Å². The summed E-state index contributed by atoms with van der Waals surface area (Å²) in [6.45, 7) is 4.71. The molecule has 3 aliphatic heterocycles.